The number of thiocarbonyl (C=S) groups is 1. The summed E-state index contributed by atoms with van der Waals surface area (Å²) in [5.74, 6) is -0.0962. The standard InChI is InChI=1S/C16H16N2OS/c19-16(18-14-9-5-2-6-10-14)15(17-12-20)11-13-7-3-1-4-8-13/h1-10,12,15H,11H2,(H,17,20)(H,18,19). The van der Waals surface area contributed by atoms with Gasteiger partial charge >= 0.3 is 0 Å². The van der Waals surface area contributed by atoms with E-state index in [2.05, 4.69) is 10.6 Å². The number of carbonyl (C=O) groups is 1. The second-order valence-corrected chi connectivity index (χ2v) is 4.62. The molecule has 0 aliphatic carbocycles. The second kappa shape index (κ2) is 7.40. The molecule has 102 valence electrons. The van der Waals surface area contributed by atoms with E-state index in [-0.39, 0.29) is 11.9 Å². The summed E-state index contributed by atoms with van der Waals surface area (Å²) >= 11 is 4.81. The van der Waals surface area contributed by atoms with Crippen molar-refractivity contribution in [2.24, 2.45) is 0 Å². The molecule has 0 aromatic heterocycles. The van der Waals surface area contributed by atoms with Gasteiger partial charge in [0.25, 0.3) is 0 Å². The Hall–Kier alpha value is -2.20. The first-order valence-corrected chi connectivity index (χ1v) is 6.86. The van der Waals surface area contributed by atoms with E-state index >= 15 is 0 Å². The molecule has 0 radical (unpaired) electrons. The topological polar surface area (TPSA) is 41.1 Å². The zero-order valence-corrected chi connectivity index (χ0v) is 11.8. The number of hydrogen-bond acceptors (Lipinski definition) is 2. The number of nitrogens with one attached hydrogen (secondary N) is 2. The van der Waals surface area contributed by atoms with Gasteiger partial charge in [-0.15, -0.1) is 0 Å². The van der Waals surface area contributed by atoms with Crippen molar-refractivity contribution in [3.05, 3.63) is 66.2 Å². The fourth-order valence-corrected chi connectivity index (χ4v) is 2.07. The first kappa shape index (κ1) is 14.2. The van der Waals surface area contributed by atoms with Gasteiger partial charge in [0.2, 0.25) is 5.91 Å². The normalized spacial score (nSPS) is 11.4. The molecule has 0 fully saturated rings. The second-order valence-electron chi connectivity index (χ2n) is 4.38. The summed E-state index contributed by atoms with van der Waals surface area (Å²) in [5.41, 5.74) is 3.25. The summed E-state index contributed by atoms with van der Waals surface area (Å²) in [4.78, 5) is 12.3. The van der Waals surface area contributed by atoms with Crippen molar-refractivity contribution >= 4 is 29.3 Å². The van der Waals surface area contributed by atoms with Crippen LogP contribution in [0, 0.1) is 0 Å². The van der Waals surface area contributed by atoms with Gasteiger partial charge in [-0.2, -0.15) is 0 Å². The fraction of sp³-hybridized carbons (Fsp3) is 0.125. The maximum atomic E-state index is 12.3. The van der Waals surface area contributed by atoms with E-state index in [4.69, 9.17) is 12.2 Å². The minimum Gasteiger partial charge on any atom is -0.371 e. The number of anilines is 1. The highest BCUT2D eigenvalue weighted by molar-refractivity contribution is 7.78. The minimum absolute atomic E-state index is 0.0962. The Morgan fingerprint density at radius 1 is 1.05 bits per heavy atom. The van der Waals surface area contributed by atoms with Crippen molar-refractivity contribution in [1.29, 1.82) is 0 Å². The highest BCUT2D eigenvalue weighted by atomic mass is 32.1. The SMILES string of the molecule is O=C(Nc1ccccc1)C(Cc1ccccc1)NC=S. The average molecular weight is 284 g/mol. The van der Waals surface area contributed by atoms with E-state index in [9.17, 15) is 4.79 Å². The number of benzene rings is 2. The lowest BCUT2D eigenvalue weighted by molar-refractivity contribution is -0.117. The van der Waals surface area contributed by atoms with Crippen LogP contribution in [0.25, 0.3) is 0 Å². The molecule has 0 spiro atoms. The number of carbonyl (C=O) groups excluding carboxylic acids is 1. The van der Waals surface area contributed by atoms with Crippen LogP contribution in [0.5, 0.6) is 0 Å². The number of para-hydroxylation sites is 1. The average Bonchev–Trinajstić information content (AvgIpc) is 2.49. The maximum absolute atomic E-state index is 12.3. The van der Waals surface area contributed by atoms with Gasteiger partial charge in [0.1, 0.15) is 6.04 Å². The van der Waals surface area contributed by atoms with E-state index < -0.39 is 0 Å². The summed E-state index contributed by atoms with van der Waals surface area (Å²) in [6.07, 6.45) is 0.590. The van der Waals surface area contributed by atoms with Crippen molar-refractivity contribution in [3.8, 4) is 0 Å². The van der Waals surface area contributed by atoms with E-state index in [1.54, 1.807) is 0 Å². The minimum atomic E-state index is -0.380. The van der Waals surface area contributed by atoms with Gasteiger partial charge in [0.15, 0.2) is 0 Å². The van der Waals surface area contributed by atoms with E-state index in [0.29, 0.717) is 6.42 Å². The largest absolute Gasteiger partial charge is 0.371 e. The molecule has 0 bridgehead atoms. The number of amides is 1. The summed E-state index contributed by atoms with van der Waals surface area (Å²) < 4.78 is 0. The van der Waals surface area contributed by atoms with Gasteiger partial charge in [-0.3, -0.25) is 4.79 Å². The van der Waals surface area contributed by atoms with Crippen molar-refractivity contribution < 1.29 is 4.79 Å². The smallest absolute Gasteiger partial charge is 0.247 e. The number of hydrogen-bond donors (Lipinski definition) is 2. The predicted octanol–water partition coefficient (Wildman–Crippen LogP) is 2.78. The highest BCUT2D eigenvalue weighted by Gasteiger charge is 2.17. The molecule has 2 aromatic rings. The van der Waals surface area contributed by atoms with Crippen LogP contribution in [0.3, 0.4) is 0 Å². The van der Waals surface area contributed by atoms with Crippen molar-refractivity contribution in [1.82, 2.24) is 5.32 Å². The Morgan fingerprint density at radius 3 is 2.25 bits per heavy atom. The van der Waals surface area contributed by atoms with Crippen LogP contribution in [0.4, 0.5) is 5.69 Å². The molecular weight excluding hydrogens is 268 g/mol. The lowest BCUT2D eigenvalue weighted by Gasteiger charge is -2.16. The van der Waals surface area contributed by atoms with Gasteiger partial charge in [-0.1, -0.05) is 60.7 Å². The molecule has 3 nitrogen and oxygen atoms in total. The maximum Gasteiger partial charge on any atom is 0.247 e. The summed E-state index contributed by atoms with van der Waals surface area (Å²) in [6, 6.07) is 18.9. The monoisotopic (exact) mass is 284 g/mol. The van der Waals surface area contributed by atoms with Crippen LogP contribution in [-0.2, 0) is 11.2 Å². The molecule has 0 aliphatic rings. The van der Waals surface area contributed by atoms with Gasteiger partial charge < -0.3 is 10.6 Å². The van der Waals surface area contributed by atoms with Gasteiger partial charge in [-0.05, 0) is 17.7 Å². The van der Waals surface area contributed by atoms with Crippen LogP contribution < -0.4 is 10.6 Å². The number of rotatable bonds is 6. The molecule has 0 aliphatic heterocycles. The Bertz CT molecular complexity index is 557. The lowest BCUT2D eigenvalue weighted by Crippen LogP contribution is -2.41. The fourth-order valence-electron chi connectivity index (χ4n) is 1.91. The third-order valence-electron chi connectivity index (χ3n) is 2.91. The molecule has 20 heavy (non-hydrogen) atoms. The molecule has 4 heteroatoms. The van der Waals surface area contributed by atoms with E-state index in [1.807, 2.05) is 60.7 Å². The third-order valence-corrected chi connectivity index (χ3v) is 3.05. The highest BCUT2D eigenvalue weighted by Crippen LogP contribution is 2.08. The Morgan fingerprint density at radius 2 is 1.65 bits per heavy atom. The van der Waals surface area contributed by atoms with Crippen molar-refractivity contribution in [3.63, 3.8) is 0 Å². The zero-order chi connectivity index (χ0) is 14.2. The predicted molar refractivity (Wildman–Crippen MR) is 85.8 cm³/mol. The molecular formula is C16H16N2OS. The first-order chi connectivity index (χ1) is 9.79. The van der Waals surface area contributed by atoms with Crippen molar-refractivity contribution in [2.45, 2.75) is 12.5 Å². The van der Waals surface area contributed by atoms with Gasteiger partial charge in [0, 0.05) is 12.1 Å². The molecule has 0 saturated carbocycles. The van der Waals surface area contributed by atoms with Gasteiger partial charge in [-0.25, -0.2) is 0 Å². The molecule has 2 aromatic carbocycles. The van der Waals surface area contributed by atoms with E-state index in [1.165, 1.54) is 5.49 Å². The lowest BCUT2D eigenvalue weighted by atomic mass is 10.1. The molecule has 0 saturated heterocycles. The van der Waals surface area contributed by atoms with E-state index in [0.717, 1.165) is 11.3 Å². The van der Waals surface area contributed by atoms with Crippen LogP contribution in [0.15, 0.2) is 60.7 Å². The van der Waals surface area contributed by atoms with Crippen LogP contribution in [0.1, 0.15) is 5.56 Å². The Labute approximate surface area is 124 Å². The van der Waals surface area contributed by atoms with Crippen molar-refractivity contribution in [2.75, 3.05) is 5.32 Å². The molecule has 0 heterocycles. The molecule has 1 unspecified atom stereocenters. The summed E-state index contributed by atoms with van der Waals surface area (Å²) in [6.45, 7) is 0. The van der Waals surface area contributed by atoms with Gasteiger partial charge in [0.05, 0.1) is 5.49 Å². The van der Waals surface area contributed by atoms with Crippen LogP contribution in [-0.4, -0.2) is 17.4 Å². The Balaban J connectivity index is 2.04. The molecule has 2 rings (SSSR count). The quantitative estimate of drug-likeness (QED) is 0.801. The van der Waals surface area contributed by atoms with Crippen LogP contribution in [0.2, 0.25) is 0 Å². The third kappa shape index (κ3) is 4.17. The zero-order valence-electron chi connectivity index (χ0n) is 11.0. The summed E-state index contributed by atoms with van der Waals surface area (Å²) in [7, 11) is 0. The molecule has 1 amide bonds. The summed E-state index contributed by atoms with van der Waals surface area (Å²) in [5, 5.41) is 5.81. The Kier molecular flexibility index (Phi) is 5.26. The molecule has 2 N–H and O–H groups in total. The first-order valence-electron chi connectivity index (χ1n) is 6.39. The van der Waals surface area contributed by atoms with Crippen LogP contribution >= 0.6 is 12.2 Å². The molecule has 1 atom stereocenters.